The highest BCUT2D eigenvalue weighted by atomic mass is 16.5. The van der Waals surface area contributed by atoms with Crippen LogP contribution in [0.3, 0.4) is 0 Å². The molecule has 2 N–H and O–H groups in total. The minimum atomic E-state index is -0.726. The summed E-state index contributed by atoms with van der Waals surface area (Å²) in [6.07, 6.45) is 4.42. The molecule has 1 unspecified atom stereocenters. The van der Waals surface area contributed by atoms with E-state index in [-0.39, 0.29) is 24.6 Å². The maximum atomic E-state index is 12.4. The van der Waals surface area contributed by atoms with E-state index in [0.717, 1.165) is 54.0 Å². The smallest absolute Gasteiger partial charge is 0.361 e. The number of oxime groups is 2. The monoisotopic (exact) mass is 509 g/mol. The Balaban J connectivity index is 2.24. The lowest BCUT2D eigenvalue weighted by molar-refractivity contribution is -0.136. The first-order chi connectivity index (χ1) is 17.9. The van der Waals surface area contributed by atoms with Crippen LogP contribution in [-0.2, 0) is 25.6 Å². The SMILES string of the molecule is CCCCC(CC)Cn1c2ccc(/C(=N/O)C(=O)OCC)cc2c2cc(/C(=N/O)C(=O)OCC)ccc21. The van der Waals surface area contributed by atoms with Crippen molar-refractivity contribution in [1.29, 1.82) is 0 Å². The average molecular weight is 510 g/mol. The van der Waals surface area contributed by atoms with Crippen LogP contribution in [0.25, 0.3) is 21.8 Å². The molecule has 0 bridgehead atoms. The van der Waals surface area contributed by atoms with E-state index < -0.39 is 11.9 Å². The van der Waals surface area contributed by atoms with Crippen molar-refractivity contribution < 1.29 is 29.5 Å². The molecule has 9 heteroatoms. The van der Waals surface area contributed by atoms with Crippen molar-refractivity contribution in [1.82, 2.24) is 4.57 Å². The highest BCUT2D eigenvalue weighted by Gasteiger charge is 2.22. The van der Waals surface area contributed by atoms with Gasteiger partial charge < -0.3 is 24.5 Å². The zero-order chi connectivity index (χ0) is 26.9. The maximum absolute atomic E-state index is 12.4. The zero-order valence-electron chi connectivity index (χ0n) is 21.9. The molecule has 0 aliphatic rings. The van der Waals surface area contributed by atoms with Gasteiger partial charge in [0, 0.05) is 39.5 Å². The van der Waals surface area contributed by atoms with Crippen molar-refractivity contribution in [2.24, 2.45) is 16.2 Å². The lowest BCUT2D eigenvalue weighted by Gasteiger charge is -2.17. The van der Waals surface area contributed by atoms with Crippen LogP contribution in [0.4, 0.5) is 0 Å². The van der Waals surface area contributed by atoms with Crippen molar-refractivity contribution in [3.05, 3.63) is 47.5 Å². The molecule has 1 heterocycles. The molecule has 0 aliphatic heterocycles. The lowest BCUT2D eigenvalue weighted by Crippen LogP contribution is -2.19. The number of unbranched alkanes of at least 4 members (excludes halogenated alkanes) is 1. The van der Waals surface area contributed by atoms with E-state index in [2.05, 4.69) is 28.7 Å². The molecule has 0 radical (unpaired) electrons. The summed E-state index contributed by atoms with van der Waals surface area (Å²) in [5, 5.41) is 27.1. The van der Waals surface area contributed by atoms with Gasteiger partial charge in [-0.2, -0.15) is 0 Å². The van der Waals surface area contributed by atoms with Gasteiger partial charge in [0.05, 0.1) is 13.2 Å². The van der Waals surface area contributed by atoms with Crippen LogP contribution < -0.4 is 0 Å². The van der Waals surface area contributed by atoms with Crippen molar-refractivity contribution in [2.45, 2.75) is 59.9 Å². The first kappa shape index (κ1) is 27.7. The van der Waals surface area contributed by atoms with Gasteiger partial charge in [-0.25, -0.2) is 9.59 Å². The van der Waals surface area contributed by atoms with Gasteiger partial charge in [0.15, 0.2) is 11.4 Å². The van der Waals surface area contributed by atoms with Gasteiger partial charge >= 0.3 is 11.9 Å². The highest BCUT2D eigenvalue weighted by molar-refractivity contribution is 6.44. The molecule has 198 valence electrons. The number of esters is 2. The van der Waals surface area contributed by atoms with Gasteiger partial charge in [-0.3, -0.25) is 0 Å². The second-order valence-electron chi connectivity index (χ2n) is 8.83. The van der Waals surface area contributed by atoms with Crippen LogP contribution in [0.1, 0.15) is 64.5 Å². The summed E-state index contributed by atoms with van der Waals surface area (Å²) in [5.74, 6) is -0.978. The van der Waals surface area contributed by atoms with Crippen LogP contribution >= 0.6 is 0 Å². The minimum Gasteiger partial charge on any atom is -0.461 e. The first-order valence-corrected chi connectivity index (χ1v) is 12.8. The summed E-state index contributed by atoms with van der Waals surface area (Å²) >= 11 is 0. The summed E-state index contributed by atoms with van der Waals surface area (Å²) < 4.78 is 12.3. The van der Waals surface area contributed by atoms with E-state index in [1.54, 1.807) is 38.1 Å². The molecule has 3 rings (SSSR count). The molecule has 2 aromatic carbocycles. The minimum absolute atomic E-state index is 0.149. The molecule has 37 heavy (non-hydrogen) atoms. The Morgan fingerprint density at radius 2 is 1.32 bits per heavy atom. The second kappa shape index (κ2) is 12.9. The van der Waals surface area contributed by atoms with Crippen LogP contribution in [0.15, 0.2) is 46.7 Å². The van der Waals surface area contributed by atoms with Gasteiger partial charge in [0.1, 0.15) is 0 Å². The third kappa shape index (κ3) is 5.93. The summed E-state index contributed by atoms with van der Waals surface area (Å²) in [6.45, 7) is 8.83. The van der Waals surface area contributed by atoms with Gasteiger partial charge in [0.25, 0.3) is 0 Å². The van der Waals surface area contributed by atoms with Crippen LogP contribution in [-0.4, -0.2) is 51.6 Å². The van der Waals surface area contributed by atoms with Crippen LogP contribution in [0.2, 0.25) is 0 Å². The Morgan fingerprint density at radius 1 is 0.838 bits per heavy atom. The number of hydrogen-bond donors (Lipinski definition) is 2. The summed E-state index contributed by atoms with van der Waals surface area (Å²) in [5.41, 5.74) is 2.28. The summed E-state index contributed by atoms with van der Waals surface area (Å²) in [4.78, 5) is 24.7. The van der Waals surface area contributed by atoms with Gasteiger partial charge in [0.2, 0.25) is 0 Å². The molecular weight excluding hydrogens is 474 g/mol. The summed E-state index contributed by atoms with van der Waals surface area (Å²) in [6, 6.07) is 10.8. The Labute approximate surface area is 216 Å². The average Bonchev–Trinajstić information content (AvgIpc) is 3.20. The van der Waals surface area contributed by atoms with Crippen LogP contribution in [0, 0.1) is 5.92 Å². The van der Waals surface area contributed by atoms with E-state index in [1.807, 2.05) is 12.1 Å². The third-order valence-electron chi connectivity index (χ3n) is 6.53. The topological polar surface area (TPSA) is 123 Å². The molecule has 3 aromatic rings. The Kier molecular flexibility index (Phi) is 9.65. The number of ether oxygens (including phenoxy) is 2. The van der Waals surface area contributed by atoms with Gasteiger partial charge in [-0.1, -0.05) is 55.6 Å². The number of carbonyl (C=O) groups is 2. The van der Waals surface area contributed by atoms with E-state index in [1.165, 1.54) is 0 Å². The predicted molar refractivity (Wildman–Crippen MR) is 143 cm³/mol. The second-order valence-corrected chi connectivity index (χ2v) is 8.83. The fraction of sp³-hybridized carbons (Fsp3) is 0.429. The normalized spacial score (nSPS) is 13.2. The first-order valence-electron chi connectivity index (χ1n) is 12.8. The van der Waals surface area contributed by atoms with Crippen molar-refractivity contribution in [3.8, 4) is 0 Å². The molecular formula is C28H35N3O6. The fourth-order valence-electron chi connectivity index (χ4n) is 4.60. The molecule has 0 saturated heterocycles. The zero-order valence-corrected chi connectivity index (χ0v) is 21.9. The number of aromatic nitrogens is 1. The lowest BCUT2D eigenvalue weighted by atomic mass is 9.99. The molecule has 0 amide bonds. The molecule has 0 saturated carbocycles. The summed E-state index contributed by atoms with van der Waals surface area (Å²) in [7, 11) is 0. The van der Waals surface area contributed by atoms with Gasteiger partial charge in [-0.15, -0.1) is 0 Å². The molecule has 0 fully saturated rings. The number of benzene rings is 2. The van der Waals surface area contributed by atoms with Crippen molar-refractivity contribution >= 4 is 45.2 Å². The number of nitrogens with zero attached hydrogens (tertiary/aromatic N) is 3. The fourth-order valence-corrected chi connectivity index (χ4v) is 4.60. The third-order valence-corrected chi connectivity index (χ3v) is 6.53. The largest absolute Gasteiger partial charge is 0.461 e. The van der Waals surface area contributed by atoms with Gasteiger partial charge in [-0.05, 0) is 50.5 Å². The van der Waals surface area contributed by atoms with Crippen LogP contribution in [0.5, 0.6) is 0 Å². The number of fused-ring (bicyclic) bond motifs is 3. The number of hydrogen-bond acceptors (Lipinski definition) is 8. The Hall–Kier alpha value is -3.88. The quantitative estimate of drug-likeness (QED) is 0.144. The maximum Gasteiger partial charge on any atom is 0.361 e. The highest BCUT2D eigenvalue weighted by Crippen LogP contribution is 2.33. The molecule has 9 nitrogen and oxygen atoms in total. The molecule has 0 aliphatic carbocycles. The standard InChI is InChI=1S/C28H35N3O6/c1-5-9-10-18(6-2)17-31-23-13-11-19(25(29-34)27(32)36-7-3)15-21(23)22-16-20(12-14-24(22)31)26(30-35)28(33)37-8-4/h11-16,18,34-35H,5-10,17H2,1-4H3/b29-25-,30-26-. The predicted octanol–water partition coefficient (Wildman–Crippen LogP) is 5.49. The molecule has 0 spiro atoms. The van der Waals surface area contributed by atoms with E-state index in [9.17, 15) is 20.0 Å². The molecule has 1 aromatic heterocycles. The Bertz CT molecular complexity index is 1230. The van der Waals surface area contributed by atoms with E-state index >= 15 is 0 Å². The Morgan fingerprint density at radius 3 is 1.70 bits per heavy atom. The van der Waals surface area contributed by atoms with Crippen molar-refractivity contribution in [2.75, 3.05) is 13.2 Å². The molecule has 1 atom stereocenters. The van der Waals surface area contributed by atoms with E-state index in [0.29, 0.717) is 17.0 Å². The van der Waals surface area contributed by atoms with E-state index in [4.69, 9.17) is 9.47 Å². The number of rotatable bonds is 12. The van der Waals surface area contributed by atoms with Crippen molar-refractivity contribution in [3.63, 3.8) is 0 Å². The number of carbonyl (C=O) groups excluding carboxylic acids is 2.